The van der Waals surface area contributed by atoms with Gasteiger partial charge in [0, 0.05) is 16.2 Å². The van der Waals surface area contributed by atoms with E-state index < -0.39 is 5.97 Å². The molecule has 0 spiro atoms. The maximum absolute atomic E-state index is 11.0. The maximum atomic E-state index is 11.0. The van der Waals surface area contributed by atoms with Gasteiger partial charge in [-0.05, 0) is 53.5 Å². The maximum Gasteiger partial charge on any atom is 0.336 e. The standard InChI is InChI=1S/C16H16BrNO2/c1-10-3-5-12(6-4-10)11(2)18-13-7-8-14(16(19)20)15(17)9-13/h3-9,11,18H,1-2H3,(H,19,20). The van der Waals surface area contributed by atoms with Crippen LogP contribution in [-0.4, -0.2) is 11.1 Å². The van der Waals surface area contributed by atoms with Gasteiger partial charge in [-0.15, -0.1) is 0 Å². The summed E-state index contributed by atoms with van der Waals surface area (Å²) in [6, 6.07) is 13.6. The molecule has 2 N–H and O–H groups in total. The number of hydrogen-bond acceptors (Lipinski definition) is 2. The Morgan fingerprint density at radius 3 is 2.40 bits per heavy atom. The molecule has 2 aromatic carbocycles. The number of carboxylic acid groups (broad SMARTS) is 1. The van der Waals surface area contributed by atoms with Gasteiger partial charge in [-0.3, -0.25) is 0 Å². The lowest BCUT2D eigenvalue weighted by atomic mass is 10.1. The number of anilines is 1. The van der Waals surface area contributed by atoms with Crippen LogP contribution in [0.15, 0.2) is 46.9 Å². The summed E-state index contributed by atoms with van der Waals surface area (Å²) >= 11 is 3.28. The fourth-order valence-corrected chi connectivity index (χ4v) is 2.52. The van der Waals surface area contributed by atoms with E-state index in [2.05, 4.69) is 59.4 Å². The Morgan fingerprint density at radius 1 is 1.20 bits per heavy atom. The lowest BCUT2D eigenvalue weighted by Crippen LogP contribution is -2.07. The zero-order chi connectivity index (χ0) is 14.7. The number of benzene rings is 2. The minimum absolute atomic E-state index is 0.151. The predicted octanol–water partition coefficient (Wildman–Crippen LogP) is 4.63. The number of carbonyl (C=O) groups is 1. The van der Waals surface area contributed by atoms with Crippen molar-refractivity contribution in [3.05, 3.63) is 63.6 Å². The van der Waals surface area contributed by atoms with E-state index in [4.69, 9.17) is 5.11 Å². The number of hydrogen-bond donors (Lipinski definition) is 2. The van der Waals surface area contributed by atoms with Crippen molar-refractivity contribution in [2.45, 2.75) is 19.9 Å². The molecule has 0 aliphatic heterocycles. The second kappa shape index (κ2) is 6.09. The second-order valence-electron chi connectivity index (χ2n) is 4.78. The van der Waals surface area contributed by atoms with Crippen molar-refractivity contribution >= 4 is 27.6 Å². The Balaban J connectivity index is 2.15. The summed E-state index contributed by atoms with van der Waals surface area (Å²) in [5.74, 6) is -0.935. The molecule has 0 amide bonds. The van der Waals surface area contributed by atoms with Gasteiger partial charge in [0.05, 0.1) is 5.56 Å². The molecule has 4 heteroatoms. The lowest BCUT2D eigenvalue weighted by Gasteiger charge is -2.16. The molecular formula is C16H16BrNO2. The molecule has 1 atom stereocenters. The van der Waals surface area contributed by atoms with Gasteiger partial charge in [0.15, 0.2) is 0 Å². The third kappa shape index (κ3) is 3.39. The molecule has 20 heavy (non-hydrogen) atoms. The number of carboxylic acids is 1. The third-order valence-corrected chi connectivity index (χ3v) is 3.82. The fraction of sp³-hybridized carbons (Fsp3) is 0.188. The molecule has 0 bridgehead atoms. The Hall–Kier alpha value is -1.81. The van der Waals surface area contributed by atoms with Crippen LogP contribution in [0.4, 0.5) is 5.69 Å². The number of aromatic carboxylic acids is 1. The monoisotopic (exact) mass is 333 g/mol. The summed E-state index contributed by atoms with van der Waals surface area (Å²) in [7, 11) is 0. The number of halogens is 1. The quantitative estimate of drug-likeness (QED) is 0.857. The molecule has 2 rings (SSSR count). The Kier molecular flexibility index (Phi) is 4.45. The van der Waals surface area contributed by atoms with E-state index in [0.29, 0.717) is 4.47 Å². The van der Waals surface area contributed by atoms with Crippen LogP contribution >= 0.6 is 15.9 Å². The summed E-state index contributed by atoms with van der Waals surface area (Å²) in [4.78, 5) is 11.0. The van der Waals surface area contributed by atoms with Gasteiger partial charge in [0.2, 0.25) is 0 Å². The molecule has 0 fully saturated rings. The SMILES string of the molecule is Cc1ccc(C(C)Nc2ccc(C(=O)O)c(Br)c2)cc1. The van der Waals surface area contributed by atoms with Crippen molar-refractivity contribution in [2.24, 2.45) is 0 Å². The van der Waals surface area contributed by atoms with Crippen LogP contribution in [0, 0.1) is 6.92 Å². The van der Waals surface area contributed by atoms with E-state index in [0.717, 1.165) is 5.69 Å². The molecule has 0 aliphatic carbocycles. The Morgan fingerprint density at radius 2 is 1.85 bits per heavy atom. The molecule has 2 aromatic rings. The summed E-state index contributed by atoms with van der Waals surface area (Å²) in [5, 5.41) is 12.4. The predicted molar refractivity (Wildman–Crippen MR) is 84.3 cm³/mol. The first-order chi connectivity index (χ1) is 9.47. The van der Waals surface area contributed by atoms with Crippen LogP contribution < -0.4 is 5.32 Å². The van der Waals surface area contributed by atoms with Crippen LogP contribution in [0.5, 0.6) is 0 Å². The Labute approximate surface area is 126 Å². The van der Waals surface area contributed by atoms with E-state index in [1.807, 2.05) is 0 Å². The average molecular weight is 334 g/mol. The molecule has 0 heterocycles. The first-order valence-corrected chi connectivity index (χ1v) is 7.12. The summed E-state index contributed by atoms with van der Waals surface area (Å²) in [5.41, 5.74) is 3.57. The van der Waals surface area contributed by atoms with Crippen molar-refractivity contribution in [3.8, 4) is 0 Å². The van der Waals surface area contributed by atoms with Gasteiger partial charge >= 0.3 is 5.97 Å². The molecule has 0 aromatic heterocycles. The van der Waals surface area contributed by atoms with E-state index >= 15 is 0 Å². The first-order valence-electron chi connectivity index (χ1n) is 6.33. The van der Waals surface area contributed by atoms with Crippen LogP contribution in [0.2, 0.25) is 0 Å². The highest BCUT2D eigenvalue weighted by Gasteiger charge is 2.10. The molecule has 0 saturated heterocycles. The number of aryl methyl sites for hydroxylation is 1. The zero-order valence-electron chi connectivity index (χ0n) is 11.4. The van der Waals surface area contributed by atoms with E-state index in [1.54, 1.807) is 18.2 Å². The molecule has 1 unspecified atom stereocenters. The molecule has 0 saturated carbocycles. The van der Waals surface area contributed by atoms with Crippen LogP contribution in [0.25, 0.3) is 0 Å². The number of rotatable bonds is 4. The third-order valence-electron chi connectivity index (χ3n) is 3.16. The zero-order valence-corrected chi connectivity index (χ0v) is 12.9. The average Bonchev–Trinajstić information content (AvgIpc) is 2.39. The van der Waals surface area contributed by atoms with Gasteiger partial charge in [-0.25, -0.2) is 4.79 Å². The largest absolute Gasteiger partial charge is 0.478 e. The van der Waals surface area contributed by atoms with Crippen LogP contribution in [0.3, 0.4) is 0 Å². The summed E-state index contributed by atoms with van der Waals surface area (Å²) in [6.45, 7) is 4.13. The smallest absolute Gasteiger partial charge is 0.336 e. The van der Waals surface area contributed by atoms with Crippen molar-refractivity contribution in [3.63, 3.8) is 0 Å². The van der Waals surface area contributed by atoms with Gasteiger partial charge in [0.1, 0.15) is 0 Å². The van der Waals surface area contributed by atoms with Gasteiger partial charge in [0.25, 0.3) is 0 Å². The molecular weight excluding hydrogens is 318 g/mol. The molecule has 0 aliphatic rings. The second-order valence-corrected chi connectivity index (χ2v) is 5.63. The minimum Gasteiger partial charge on any atom is -0.478 e. The highest BCUT2D eigenvalue weighted by Crippen LogP contribution is 2.25. The summed E-state index contributed by atoms with van der Waals surface area (Å²) in [6.07, 6.45) is 0. The fourth-order valence-electron chi connectivity index (χ4n) is 1.97. The normalized spacial score (nSPS) is 11.9. The van der Waals surface area contributed by atoms with Gasteiger partial charge in [-0.2, -0.15) is 0 Å². The van der Waals surface area contributed by atoms with E-state index in [9.17, 15) is 4.79 Å². The lowest BCUT2D eigenvalue weighted by molar-refractivity contribution is 0.0696. The molecule has 0 radical (unpaired) electrons. The van der Waals surface area contributed by atoms with Crippen molar-refractivity contribution < 1.29 is 9.90 Å². The van der Waals surface area contributed by atoms with Crippen LogP contribution in [0.1, 0.15) is 34.5 Å². The highest BCUT2D eigenvalue weighted by atomic mass is 79.9. The first kappa shape index (κ1) is 14.6. The van der Waals surface area contributed by atoms with E-state index in [-0.39, 0.29) is 11.6 Å². The highest BCUT2D eigenvalue weighted by molar-refractivity contribution is 9.10. The van der Waals surface area contributed by atoms with Crippen molar-refractivity contribution in [2.75, 3.05) is 5.32 Å². The van der Waals surface area contributed by atoms with Gasteiger partial charge < -0.3 is 10.4 Å². The van der Waals surface area contributed by atoms with Crippen molar-refractivity contribution in [1.82, 2.24) is 0 Å². The molecule has 3 nitrogen and oxygen atoms in total. The Bertz CT molecular complexity index is 623. The summed E-state index contributed by atoms with van der Waals surface area (Å²) < 4.78 is 0.575. The van der Waals surface area contributed by atoms with Crippen LogP contribution in [-0.2, 0) is 0 Å². The topological polar surface area (TPSA) is 49.3 Å². The number of nitrogens with one attached hydrogen (secondary N) is 1. The minimum atomic E-state index is -0.935. The molecule has 104 valence electrons. The van der Waals surface area contributed by atoms with Gasteiger partial charge in [-0.1, -0.05) is 29.8 Å². The van der Waals surface area contributed by atoms with E-state index in [1.165, 1.54) is 11.1 Å². The van der Waals surface area contributed by atoms with Crippen molar-refractivity contribution in [1.29, 1.82) is 0 Å².